The third kappa shape index (κ3) is 3.11. The SMILES string of the molecule is O=C(O)CC1(NC(=O)Cn2ccc(=O)c3ccccc32)CCC1. The first kappa shape index (κ1) is 15.3. The molecule has 0 aliphatic heterocycles. The summed E-state index contributed by atoms with van der Waals surface area (Å²) in [5, 5.41) is 12.4. The minimum atomic E-state index is -0.904. The van der Waals surface area contributed by atoms with Crippen LogP contribution in [0.5, 0.6) is 0 Å². The third-order valence-corrected chi connectivity index (χ3v) is 4.40. The van der Waals surface area contributed by atoms with Crippen molar-refractivity contribution in [1.82, 2.24) is 9.88 Å². The molecule has 1 amide bonds. The minimum absolute atomic E-state index is 0.0519. The van der Waals surface area contributed by atoms with Crippen LogP contribution in [0.15, 0.2) is 41.3 Å². The van der Waals surface area contributed by atoms with E-state index in [2.05, 4.69) is 5.32 Å². The Kier molecular flexibility index (Phi) is 3.90. The molecule has 0 bridgehead atoms. The van der Waals surface area contributed by atoms with Gasteiger partial charge in [-0.2, -0.15) is 0 Å². The van der Waals surface area contributed by atoms with Crippen LogP contribution >= 0.6 is 0 Å². The molecule has 3 rings (SSSR count). The second-order valence-electron chi connectivity index (χ2n) is 6.08. The van der Waals surface area contributed by atoms with Crippen LogP contribution in [0.25, 0.3) is 10.9 Å². The van der Waals surface area contributed by atoms with Gasteiger partial charge in [-0.3, -0.25) is 14.4 Å². The van der Waals surface area contributed by atoms with Crippen molar-refractivity contribution in [2.24, 2.45) is 0 Å². The number of nitrogens with one attached hydrogen (secondary N) is 1. The first-order chi connectivity index (χ1) is 11.0. The van der Waals surface area contributed by atoms with E-state index in [4.69, 9.17) is 5.11 Å². The monoisotopic (exact) mass is 314 g/mol. The first-order valence-corrected chi connectivity index (χ1v) is 7.60. The van der Waals surface area contributed by atoms with Crippen molar-refractivity contribution < 1.29 is 14.7 Å². The molecule has 1 aliphatic carbocycles. The second kappa shape index (κ2) is 5.87. The highest BCUT2D eigenvalue weighted by molar-refractivity contribution is 5.83. The van der Waals surface area contributed by atoms with Crippen molar-refractivity contribution in [2.75, 3.05) is 0 Å². The van der Waals surface area contributed by atoms with Crippen molar-refractivity contribution in [3.8, 4) is 0 Å². The van der Waals surface area contributed by atoms with Gasteiger partial charge in [0.25, 0.3) is 0 Å². The van der Waals surface area contributed by atoms with Gasteiger partial charge in [0.15, 0.2) is 5.43 Å². The van der Waals surface area contributed by atoms with Gasteiger partial charge in [-0.1, -0.05) is 12.1 Å². The maximum absolute atomic E-state index is 12.3. The highest BCUT2D eigenvalue weighted by Gasteiger charge is 2.40. The quantitative estimate of drug-likeness (QED) is 0.875. The number of carbonyl (C=O) groups excluding carboxylic acids is 1. The van der Waals surface area contributed by atoms with E-state index in [0.29, 0.717) is 23.7 Å². The number of nitrogens with zero attached hydrogens (tertiary/aromatic N) is 1. The van der Waals surface area contributed by atoms with Crippen molar-refractivity contribution in [1.29, 1.82) is 0 Å². The molecule has 1 fully saturated rings. The maximum atomic E-state index is 12.3. The number of carbonyl (C=O) groups is 2. The van der Waals surface area contributed by atoms with E-state index in [0.717, 1.165) is 6.42 Å². The molecule has 2 aromatic rings. The van der Waals surface area contributed by atoms with E-state index in [9.17, 15) is 14.4 Å². The molecule has 0 radical (unpaired) electrons. The number of hydrogen-bond donors (Lipinski definition) is 2. The number of carboxylic acid groups (broad SMARTS) is 1. The Morgan fingerprint density at radius 3 is 2.61 bits per heavy atom. The fraction of sp³-hybridized carbons (Fsp3) is 0.353. The lowest BCUT2D eigenvalue weighted by Crippen LogP contribution is -2.55. The number of amides is 1. The van der Waals surface area contributed by atoms with Crippen LogP contribution < -0.4 is 10.7 Å². The second-order valence-corrected chi connectivity index (χ2v) is 6.08. The average Bonchev–Trinajstić information content (AvgIpc) is 2.48. The summed E-state index contributed by atoms with van der Waals surface area (Å²) in [5.41, 5.74) is -0.00719. The van der Waals surface area contributed by atoms with Gasteiger partial charge in [0.1, 0.15) is 6.54 Å². The maximum Gasteiger partial charge on any atom is 0.305 e. The van der Waals surface area contributed by atoms with E-state index in [1.165, 1.54) is 6.07 Å². The fourth-order valence-electron chi connectivity index (χ4n) is 3.13. The molecule has 6 heteroatoms. The number of rotatable bonds is 5. The van der Waals surface area contributed by atoms with Crippen molar-refractivity contribution >= 4 is 22.8 Å². The zero-order valence-corrected chi connectivity index (χ0v) is 12.6. The van der Waals surface area contributed by atoms with Gasteiger partial charge in [0.05, 0.1) is 17.5 Å². The van der Waals surface area contributed by atoms with Gasteiger partial charge in [-0.25, -0.2) is 0 Å². The van der Waals surface area contributed by atoms with E-state index >= 15 is 0 Å². The van der Waals surface area contributed by atoms with Crippen LogP contribution in [0.2, 0.25) is 0 Å². The smallest absolute Gasteiger partial charge is 0.305 e. The normalized spacial score (nSPS) is 15.8. The molecule has 120 valence electrons. The molecule has 23 heavy (non-hydrogen) atoms. The van der Waals surface area contributed by atoms with E-state index < -0.39 is 11.5 Å². The van der Waals surface area contributed by atoms with Crippen LogP contribution in [-0.4, -0.2) is 27.1 Å². The largest absolute Gasteiger partial charge is 0.481 e. The van der Waals surface area contributed by atoms with Crippen LogP contribution in [0.3, 0.4) is 0 Å². The molecule has 1 saturated carbocycles. The fourth-order valence-corrected chi connectivity index (χ4v) is 3.13. The molecule has 1 aromatic heterocycles. The molecular weight excluding hydrogens is 296 g/mol. The highest BCUT2D eigenvalue weighted by atomic mass is 16.4. The van der Waals surface area contributed by atoms with Crippen LogP contribution in [0.4, 0.5) is 0 Å². The number of carboxylic acids is 1. The summed E-state index contributed by atoms with van der Waals surface area (Å²) in [7, 11) is 0. The molecular formula is C17H18N2O4. The first-order valence-electron chi connectivity index (χ1n) is 7.60. The van der Waals surface area contributed by atoms with Crippen molar-refractivity contribution in [3.63, 3.8) is 0 Å². The number of para-hydroxylation sites is 1. The summed E-state index contributed by atoms with van der Waals surface area (Å²) in [5.74, 6) is -1.14. The topological polar surface area (TPSA) is 88.4 Å². The summed E-state index contributed by atoms with van der Waals surface area (Å²) in [6.45, 7) is 0.0577. The molecule has 2 N–H and O–H groups in total. The van der Waals surface area contributed by atoms with Crippen LogP contribution in [0, 0.1) is 0 Å². The van der Waals surface area contributed by atoms with Crippen molar-refractivity contribution in [3.05, 3.63) is 46.8 Å². The zero-order valence-electron chi connectivity index (χ0n) is 12.6. The van der Waals surface area contributed by atoms with Crippen LogP contribution in [-0.2, 0) is 16.1 Å². The molecule has 1 aromatic carbocycles. The number of hydrogen-bond acceptors (Lipinski definition) is 3. The van der Waals surface area contributed by atoms with Crippen LogP contribution in [0.1, 0.15) is 25.7 Å². The van der Waals surface area contributed by atoms with E-state index in [1.54, 1.807) is 29.0 Å². The Bertz CT molecular complexity index is 821. The molecule has 1 aliphatic rings. The summed E-state index contributed by atoms with van der Waals surface area (Å²) in [6, 6.07) is 8.55. The standard InChI is InChI=1S/C17H18N2O4/c20-14-6-9-19(13-5-2-1-4-12(13)14)11-15(21)18-17(7-3-8-17)10-16(22)23/h1-2,4-6,9H,3,7-8,10-11H2,(H,18,21)(H,22,23). The lowest BCUT2D eigenvalue weighted by Gasteiger charge is -2.41. The summed E-state index contributed by atoms with van der Waals surface area (Å²) >= 11 is 0. The Balaban J connectivity index is 1.80. The predicted octanol–water partition coefficient (Wildman–Crippen LogP) is 1.52. The Labute approximate surface area is 132 Å². The number of pyridine rings is 1. The Hall–Kier alpha value is -2.63. The molecule has 6 nitrogen and oxygen atoms in total. The van der Waals surface area contributed by atoms with Gasteiger partial charge >= 0.3 is 5.97 Å². The van der Waals surface area contributed by atoms with Gasteiger partial charge in [-0.15, -0.1) is 0 Å². The lowest BCUT2D eigenvalue weighted by atomic mass is 9.74. The molecule has 0 spiro atoms. The van der Waals surface area contributed by atoms with Gasteiger partial charge in [-0.05, 0) is 31.4 Å². The summed E-state index contributed by atoms with van der Waals surface area (Å²) in [6.07, 6.45) is 3.85. The Morgan fingerprint density at radius 2 is 1.96 bits per heavy atom. The van der Waals surface area contributed by atoms with E-state index in [-0.39, 0.29) is 24.3 Å². The van der Waals surface area contributed by atoms with Gasteiger partial charge in [0, 0.05) is 17.6 Å². The number of aliphatic carboxylic acids is 1. The summed E-state index contributed by atoms with van der Waals surface area (Å²) < 4.78 is 1.71. The molecule has 0 unspecified atom stereocenters. The van der Waals surface area contributed by atoms with E-state index in [1.807, 2.05) is 6.07 Å². The predicted molar refractivity (Wildman–Crippen MR) is 85.2 cm³/mol. The number of benzene rings is 1. The van der Waals surface area contributed by atoms with Gasteiger partial charge < -0.3 is 15.0 Å². The number of aromatic nitrogens is 1. The zero-order chi connectivity index (χ0) is 16.4. The lowest BCUT2D eigenvalue weighted by molar-refractivity contribution is -0.140. The van der Waals surface area contributed by atoms with Gasteiger partial charge in [0.2, 0.25) is 5.91 Å². The molecule has 1 heterocycles. The minimum Gasteiger partial charge on any atom is -0.481 e. The molecule has 0 saturated heterocycles. The Morgan fingerprint density at radius 1 is 1.22 bits per heavy atom. The highest BCUT2D eigenvalue weighted by Crippen LogP contribution is 2.34. The third-order valence-electron chi connectivity index (χ3n) is 4.40. The average molecular weight is 314 g/mol. The number of fused-ring (bicyclic) bond motifs is 1. The summed E-state index contributed by atoms with van der Waals surface area (Å²) in [4.78, 5) is 35.1. The van der Waals surface area contributed by atoms with Crippen molar-refractivity contribution in [2.45, 2.75) is 37.8 Å². The molecule has 0 atom stereocenters.